The molecule has 0 atom stereocenters. The van der Waals surface area contributed by atoms with Crippen molar-refractivity contribution in [3.63, 3.8) is 0 Å². The van der Waals surface area contributed by atoms with Crippen molar-refractivity contribution in [1.29, 1.82) is 5.41 Å². The Morgan fingerprint density at radius 2 is 2.13 bits per heavy atom. The average Bonchev–Trinajstić information content (AvgIpc) is 2.95. The van der Waals surface area contributed by atoms with Gasteiger partial charge in [0.05, 0.1) is 12.4 Å². The van der Waals surface area contributed by atoms with Gasteiger partial charge in [0.25, 0.3) is 0 Å². The van der Waals surface area contributed by atoms with E-state index in [9.17, 15) is 0 Å². The number of rotatable bonds is 7. The second-order valence-corrected chi connectivity index (χ2v) is 5.13. The number of amidine groups is 1. The maximum absolute atomic E-state index is 9.00. The Morgan fingerprint density at radius 3 is 2.53 bits per heavy atom. The van der Waals surface area contributed by atoms with Crippen molar-refractivity contribution in [3.05, 3.63) is 0 Å². The molecule has 0 aromatic heterocycles. The largest absolute Gasteiger partial charge is 0.395 e. The van der Waals surface area contributed by atoms with Gasteiger partial charge in [0.1, 0.15) is 0 Å². The fourth-order valence-electron chi connectivity index (χ4n) is 2.36. The highest BCUT2D eigenvalue weighted by atomic mass is 16.3. The normalized spacial score (nSPS) is 23.1. The monoisotopic (exact) mass is 211 g/mol. The topological polar surface area (TPSA) is 73.3 Å². The molecule has 2 rings (SSSR count). The highest BCUT2D eigenvalue weighted by Crippen LogP contribution is 2.50. The summed E-state index contributed by atoms with van der Waals surface area (Å²) in [6, 6.07) is 0.696. The molecule has 0 radical (unpaired) electrons. The summed E-state index contributed by atoms with van der Waals surface area (Å²) in [5, 5.41) is 16.4. The minimum atomic E-state index is 0.243. The molecule has 0 aliphatic heterocycles. The van der Waals surface area contributed by atoms with Crippen LogP contribution < -0.4 is 5.73 Å². The molecule has 0 heterocycles. The third kappa shape index (κ3) is 2.92. The predicted molar refractivity (Wildman–Crippen MR) is 59.9 cm³/mol. The van der Waals surface area contributed by atoms with Crippen molar-refractivity contribution in [2.75, 3.05) is 19.7 Å². The van der Waals surface area contributed by atoms with Crippen molar-refractivity contribution in [3.8, 4) is 0 Å². The molecule has 2 saturated carbocycles. The van der Waals surface area contributed by atoms with Crippen LogP contribution in [0.25, 0.3) is 0 Å². The highest BCUT2D eigenvalue weighted by Gasteiger charge is 2.46. The number of hydrogen-bond acceptors (Lipinski definition) is 3. The molecule has 0 unspecified atom stereocenters. The van der Waals surface area contributed by atoms with E-state index in [2.05, 4.69) is 4.90 Å². The van der Waals surface area contributed by atoms with E-state index in [1.807, 2.05) is 0 Å². The maximum atomic E-state index is 9.00. The molecule has 0 spiro atoms. The summed E-state index contributed by atoms with van der Waals surface area (Å²) in [6.07, 6.45) is 5.68. The highest BCUT2D eigenvalue weighted by molar-refractivity contribution is 5.78. The first-order valence-electron chi connectivity index (χ1n) is 5.83. The van der Waals surface area contributed by atoms with Crippen LogP contribution in [-0.4, -0.2) is 41.6 Å². The number of nitrogens with two attached hydrogens (primary N) is 1. The van der Waals surface area contributed by atoms with E-state index in [4.69, 9.17) is 16.2 Å². The lowest BCUT2D eigenvalue weighted by Crippen LogP contribution is -2.36. The van der Waals surface area contributed by atoms with Gasteiger partial charge in [-0.05, 0) is 31.1 Å². The van der Waals surface area contributed by atoms with Gasteiger partial charge >= 0.3 is 0 Å². The quantitative estimate of drug-likeness (QED) is 0.425. The molecule has 2 aliphatic rings. The molecule has 2 fully saturated rings. The molecule has 0 saturated heterocycles. The van der Waals surface area contributed by atoms with Crippen LogP contribution in [0.4, 0.5) is 0 Å². The van der Waals surface area contributed by atoms with E-state index < -0.39 is 0 Å². The fraction of sp³-hybridized carbons (Fsp3) is 0.909. The maximum Gasteiger partial charge on any atom is 0.0911 e. The van der Waals surface area contributed by atoms with Crippen LogP contribution in [0, 0.1) is 10.8 Å². The van der Waals surface area contributed by atoms with Gasteiger partial charge in [-0.1, -0.05) is 0 Å². The summed E-state index contributed by atoms with van der Waals surface area (Å²) in [5.41, 5.74) is 5.76. The first kappa shape index (κ1) is 10.9. The Hall–Kier alpha value is -0.610. The smallest absolute Gasteiger partial charge is 0.0911 e. The van der Waals surface area contributed by atoms with E-state index in [1.54, 1.807) is 0 Å². The SMILES string of the molecule is N=C(N)CC1(CN(CCO)C2CC2)CC1. The van der Waals surface area contributed by atoms with Gasteiger partial charge in [-0.15, -0.1) is 0 Å². The van der Waals surface area contributed by atoms with Gasteiger partial charge < -0.3 is 10.8 Å². The van der Waals surface area contributed by atoms with Crippen molar-refractivity contribution in [2.45, 2.75) is 38.1 Å². The summed E-state index contributed by atoms with van der Waals surface area (Å²) in [6.45, 7) is 2.05. The number of aliphatic hydroxyl groups excluding tert-OH is 1. The number of nitrogens with one attached hydrogen (secondary N) is 1. The minimum Gasteiger partial charge on any atom is -0.395 e. The molecule has 2 aliphatic carbocycles. The second-order valence-electron chi connectivity index (χ2n) is 5.13. The van der Waals surface area contributed by atoms with E-state index in [-0.39, 0.29) is 12.0 Å². The first-order valence-corrected chi connectivity index (χ1v) is 5.83. The lowest BCUT2D eigenvalue weighted by molar-refractivity contribution is 0.163. The van der Waals surface area contributed by atoms with Crippen molar-refractivity contribution in [1.82, 2.24) is 4.90 Å². The number of hydrogen-bond donors (Lipinski definition) is 3. The number of nitrogens with zero attached hydrogens (tertiary/aromatic N) is 1. The summed E-state index contributed by atoms with van der Waals surface area (Å²) < 4.78 is 0. The zero-order chi connectivity index (χ0) is 10.9. The fourth-order valence-corrected chi connectivity index (χ4v) is 2.36. The van der Waals surface area contributed by atoms with Crippen molar-refractivity contribution in [2.24, 2.45) is 11.1 Å². The molecule has 0 aromatic rings. The molecule has 0 aromatic carbocycles. The zero-order valence-corrected chi connectivity index (χ0v) is 9.21. The van der Waals surface area contributed by atoms with E-state index in [1.165, 1.54) is 25.7 Å². The van der Waals surface area contributed by atoms with Gasteiger partial charge in [-0.25, -0.2) is 0 Å². The molecule has 15 heavy (non-hydrogen) atoms. The van der Waals surface area contributed by atoms with E-state index >= 15 is 0 Å². The minimum absolute atomic E-state index is 0.243. The van der Waals surface area contributed by atoms with Gasteiger partial charge in [0.15, 0.2) is 0 Å². The third-order valence-corrected chi connectivity index (χ3v) is 3.51. The zero-order valence-electron chi connectivity index (χ0n) is 9.21. The van der Waals surface area contributed by atoms with Gasteiger partial charge in [0, 0.05) is 25.6 Å². The van der Waals surface area contributed by atoms with Gasteiger partial charge in [0.2, 0.25) is 0 Å². The second kappa shape index (κ2) is 4.10. The van der Waals surface area contributed by atoms with Gasteiger partial charge in [-0.2, -0.15) is 0 Å². The lowest BCUT2D eigenvalue weighted by atomic mass is 10.0. The Bertz CT molecular complexity index is 246. The molecule has 86 valence electrons. The van der Waals surface area contributed by atoms with Crippen LogP contribution >= 0.6 is 0 Å². The molecule has 0 bridgehead atoms. The molecule has 4 N–H and O–H groups in total. The van der Waals surface area contributed by atoms with E-state index in [0.717, 1.165) is 19.5 Å². The van der Waals surface area contributed by atoms with Crippen LogP contribution in [0.1, 0.15) is 32.1 Å². The summed E-state index contributed by atoms with van der Waals surface area (Å²) in [4.78, 5) is 2.38. The summed E-state index contributed by atoms with van der Waals surface area (Å²) in [5.74, 6) is 0.312. The standard InChI is InChI=1S/C11H21N3O/c12-10(13)7-11(3-4-11)8-14(5-6-15)9-1-2-9/h9,15H,1-8H2,(H3,12,13). The summed E-state index contributed by atoms with van der Waals surface area (Å²) >= 11 is 0. The molecular formula is C11H21N3O. The third-order valence-electron chi connectivity index (χ3n) is 3.51. The van der Waals surface area contributed by atoms with Crippen LogP contribution in [0.3, 0.4) is 0 Å². The first-order chi connectivity index (χ1) is 7.15. The Morgan fingerprint density at radius 1 is 1.47 bits per heavy atom. The van der Waals surface area contributed by atoms with Crippen molar-refractivity contribution >= 4 is 5.84 Å². The summed E-state index contributed by atoms with van der Waals surface area (Å²) in [7, 11) is 0. The lowest BCUT2D eigenvalue weighted by Gasteiger charge is -2.26. The Labute approximate surface area is 91.0 Å². The van der Waals surface area contributed by atoms with Crippen LogP contribution in [0.5, 0.6) is 0 Å². The number of aliphatic hydroxyl groups is 1. The van der Waals surface area contributed by atoms with Crippen molar-refractivity contribution < 1.29 is 5.11 Å². The van der Waals surface area contributed by atoms with E-state index in [0.29, 0.717) is 11.9 Å². The van der Waals surface area contributed by atoms with Crippen LogP contribution in [0.2, 0.25) is 0 Å². The molecular weight excluding hydrogens is 190 g/mol. The van der Waals surface area contributed by atoms with Gasteiger partial charge in [-0.3, -0.25) is 10.3 Å². The predicted octanol–water partition coefficient (Wildman–Crippen LogP) is 0.549. The molecule has 4 heteroatoms. The average molecular weight is 211 g/mol. The Balaban J connectivity index is 1.85. The van der Waals surface area contributed by atoms with Crippen LogP contribution in [0.15, 0.2) is 0 Å². The van der Waals surface area contributed by atoms with Crippen LogP contribution in [-0.2, 0) is 0 Å². The Kier molecular flexibility index (Phi) is 2.98. The molecule has 4 nitrogen and oxygen atoms in total. The molecule has 0 amide bonds.